The summed E-state index contributed by atoms with van der Waals surface area (Å²) < 4.78 is 5.79. The van der Waals surface area contributed by atoms with Gasteiger partial charge in [-0.15, -0.1) is 0 Å². The van der Waals surface area contributed by atoms with Gasteiger partial charge in [0.25, 0.3) is 5.91 Å². The van der Waals surface area contributed by atoms with Crippen molar-refractivity contribution in [1.29, 1.82) is 0 Å². The highest BCUT2D eigenvalue weighted by Crippen LogP contribution is 2.42. The van der Waals surface area contributed by atoms with Crippen LogP contribution in [0.25, 0.3) is 33.4 Å². The van der Waals surface area contributed by atoms with Crippen molar-refractivity contribution in [2.24, 2.45) is 0 Å². The first-order valence-corrected chi connectivity index (χ1v) is 10.6. The fourth-order valence-electron chi connectivity index (χ4n) is 3.94. The zero-order valence-electron chi connectivity index (χ0n) is 18.2. The van der Waals surface area contributed by atoms with Crippen molar-refractivity contribution in [1.82, 2.24) is 5.32 Å². The van der Waals surface area contributed by atoms with E-state index in [0.29, 0.717) is 29.1 Å². The van der Waals surface area contributed by atoms with Crippen LogP contribution in [-0.2, 0) is 9.59 Å². The first-order valence-electron chi connectivity index (χ1n) is 10.6. The fraction of sp³-hybridized carbons (Fsp3) is 0.115. The second-order valence-electron chi connectivity index (χ2n) is 7.86. The summed E-state index contributed by atoms with van der Waals surface area (Å²) in [4.78, 5) is 58.5. The van der Waals surface area contributed by atoms with Gasteiger partial charge in [0.1, 0.15) is 29.7 Å². The molecule has 1 aliphatic heterocycles. The van der Waals surface area contributed by atoms with Crippen LogP contribution in [0, 0.1) is 0 Å². The minimum absolute atomic E-state index is 0.0293. The van der Waals surface area contributed by atoms with Crippen LogP contribution in [0.2, 0.25) is 0 Å². The Balaban J connectivity index is 1.90. The molecule has 1 heterocycles. The van der Waals surface area contributed by atoms with Gasteiger partial charge in [0.05, 0.1) is 5.56 Å². The van der Waals surface area contributed by atoms with E-state index >= 15 is 0 Å². The molecule has 2 aromatic rings. The average Bonchev–Trinajstić information content (AvgIpc) is 2.82. The van der Waals surface area contributed by atoms with Crippen LogP contribution in [0.5, 0.6) is 5.75 Å². The van der Waals surface area contributed by atoms with Crippen molar-refractivity contribution in [3.63, 3.8) is 0 Å². The van der Waals surface area contributed by atoms with Gasteiger partial charge in [-0.3, -0.25) is 9.59 Å². The highest BCUT2D eigenvalue weighted by Gasteiger charge is 2.23. The predicted molar refractivity (Wildman–Crippen MR) is 126 cm³/mol. The number of aromatic carboxylic acids is 1. The Labute approximate surface area is 198 Å². The van der Waals surface area contributed by atoms with E-state index in [1.807, 2.05) is 0 Å². The van der Waals surface area contributed by atoms with Gasteiger partial charge in [-0.2, -0.15) is 0 Å². The molecule has 9 nitrogen and oxygen atoms in total. The first kappa shape index (κ1) is 23.4. The van der Waals surface area contributed by atoms with Gasteiger partial charge >= 0.3 is 5.97 Å². The molecule has 0 saturated heterocycles. The first-order chi connectivity index (χ1) is 16.8. The lowest BCUT2D eigenvalue weighted by atomic mass is 9.89. The lowest BCUT2D eigenvalue weighted by molar-refractivity contribution is -0.109. The molecule has 4 rings (SSSR count). The highest BCUT2D eigenvalue weighted by atomic mass is 16.4. The van der Waals surface area contributed by atoms with Gasteiger partial charge in [-0.1, -0.05) is 6.07 Å². The van der Waals surface area contributed by atoms with E-state index in [9.17, 15) is 34.2 Å². The summed E-state index contributed by atoms with van der Waals surface area (Å²) in [5.41, 5.74) is 0.959. The van der Waals surface area contributed by atoms with Gasteiger partial charge in [-0.25, -0.2) is 4.79 Å². The Kier molecular flexibility index (Phi) is 6.41. The Morgan fingerprint density at radius 3 is 2.34 bits per heavy atom. The Morgan fingerprint density at radius 1 is 0.943 bits per heavy atom. The maximum atomic E-state index is 12.7. The maximum absolute atomic E-state index is 12.7. The molecule has 0 spiro atoms. The van der Waals surface area contributed by atoms with Crippen molar-refractivity contribution in [2.75, 3.05) is 0 Å². The SMILES string of the molecule is O=CCC(CC=O)NC(=O)c1ccc(-c2c3ccc(=O)cc-3oc3cc(O)ccc23)c(C(=O)O)c1. The molecule has 0 unspecified atom stereocenters. The molecule has 0 fully saturated rings. The summed E-state index contributed by atoms with van der Waals surface area (Å²) in [5.74, 6) is -1.80. The van der Waals surface area contributed by atoms with Crippen LogP contribution < -0.4 is 10.7 Å². The van der Waals surface area contributed by atoms with Crippen LogP contribution in [0.1, 0.15) is 33.6 Å². The largest absolute Gasteiger partial charge is 0.508 e. The average molecular weight is 473 g/mol. The number of aromatic hydroxyl groups is 1. The summed E-state index contributed by atoms with van der Waals surface area (Å²) in [6.45, 7) is 0. The molecule has 0 saturated carbocycles. The predicted octanol–water partition coefficient (Wildman–Crippen LogP) is 3.25. The van der Waals surface area contributed by atoms with Crippen LogP contribution in [0.4, 0.5) is 0 Å². The molecule has 9 heteroatoms. The number of hydrogen-bond acceptors (Lipinski definition) is 7. The van der Waals surface area contributed by atoms with E-state index in [2.05, 4.69) is 5.32 Å². The van der Waals surface area contributed by atoms with Crippen LogP contribution in [-0.4, -0.2) is 40.7 Å². The molecule has 0 aromatic heterocycles. The molecule has 2 aromatic carbocycles. The van der Waals surface area contributed by atoms with Gasteiger partial charge < -0.3 is 29.5 Å². The van der Waals surface area contributed by atoms with Crippen molar-refractivity contribution in [3.8, 4) is 28.2 Å². The second-order valence-corrected chi connectivity index (χ2v) is 7.86. The number of rotatable bonds is 8. The number of carboxylic acids is 1. The van der Waals surface area contributed by atoms with E-state index in [0.717, 1.165) is 0 Å². The monoisotopic (exact) mass is 473 g/mol. The second kappa shape index (κ2) is 9.60. The molecule has 2 aliphatic rings. The van der Waals surface area contributed by atoms with Crippen LogP contribution >= 0.6 is 0 Å². The molecule has 1 amide bonds. The standard InChI is InChI=1S/C26H19NO8/c28-9-7-15(8-10-29)27-25(32)14-1-4-18(21(11-14)26(33)34)24-19-5-2-16(30)12-22(19)35-23-13-17(31)3-6-20(23)24/h1-6,9-13,15,30H,7-8H2,(H,27,32)(H,33,34). The number of nitrogens with one attached hydrogen (secondary N) is 1. The van der Waals surface area contributed by atoms with E-state index < -0.39 is 17.9 Å². The Hall–Kier alpha value is -4.79. The third kappa shape index (κ3) is 4.65. The van der Waals surface area contributed by atoms with E-state index in [-0.39, 0.29) is 52.1 Å². The zero-order valence-corrected chi connectivity index (χ0v) is 18.2. The number of benzene rings is 3. The maximum Gasteiger partial charge on any atom is 0.336 e. The summed E-state index contributed by atoms with van der Waals surface area (Å²) in [5, 5.41) is 22.9. The third-order valence-electron chi connectivity index (χ3n) is 5.56. The number of phenols is 1. The van der Waals surface area contributed by atoms with Crippen molar-refractivity contribution in [3.05, 3.63) is 75.9 Å². The lowest BCUT2D eigenvalue weighted by Gasteiger charge is -2.18. The van der Waals surface area contributed by atoms with Crippen molar-refractivity contribution in [2.45, 2.75) is 18.9 Å². The number of aldehydes is 2. The molecule has 0 bridgehead atoms. The minimum Gasteiger partial charge on any atom is -0.508 e. The smallest absolute Gasteiger partial charge is 0.336 e. The van der Waals surface area contributed by atoms with E-state index in [1.165, 1.54) is 48.5 Å². The number of carbonyl (C=O) groups excluding carboxylic acids is 3. The number of amides is 1. The zero-order chi connectivity index (χ0) is 25.1. The molecule has 1 aliphatic carbocycles. The number of hydrogen-bond donors (Lipinski definition) is 3. The van der Waals surface area contributed by atoms with Crippen LogP contribution in [0.15, 0.2) is 63.8 Å². The fourth-order valence-corrected chi connectivity index (χ4v) is 3.94. The number of carbonyl (C=O) groups is 4. The quantitative estimate of drug-likeness (QED) is 0.261. The van der Waals surface area contributed by atoms with Gasteiger partial charge in [0, 0.05) is 53.1 Å². The van der Waals surface area contributed by atoms with Gasteiger partial charge in [0.15, 0.2) is 5.43 Å². The topological polar surface area (TPSA) is 151 Å². The number of phenolic OH excluding ortho intramolecular Hbond substituents is 1. The number of carboxylic acid groups (broad SMARTS) is 1. The molecule has 176 valence electrons. The van der Waals surface area contributed by atoms with Gasteiger partial charge in [-0.05, 0) is 42.0 Å². The Bertz CT molecular complexity index is 1490. The third-order valence-corrected chi connectivity index (χ3v) is 5.56. The molecular weight excluding hydrogens is 454 g/mol. The molecule has 3 N–H and O–H groups in total. The summed E-state index contributed by atoms with van der Waals surface area (Å²) in [6.07, 6.45) is 1.05. The highest BCUT2D eigenvalue weighted by molar-refractivity contribution is 6.09. The summed E-state index contributed by atoms with van der Waals surface area (Å²) >= 11 is 0. The van der Waals surface area contributed by atoms with Crippen molar-refractivity contribution < 1.29 is 33.8 Å². The summed E-state index contributed by atoms with van der Waals surface area (Å²) in [6, 6.07) is 11.9. The molecular formula is C26H19NO8. The van der Waals surface area contributed by atoms with Crippen LogP contribution in [0.3, 0.4) is 0 Å². The van der Waals surface area contributed by atoms with Gasteiger partial charge in [0.2, 0.25) is 0 Å². The molecule has 35 heavy (non-hydrogen) atoms. The summed E-state index contributed by atoms with van der Waals surface area (Å²) in [7, 11) is 0. The number of fused-ring (bicyclic) bond motifs is 2. The van der Waals surface area contributed by atoms with E-state index in [4.69, 9.17) is 4.42 Å². The lowest BCUT2D eigenvalue weighted by Crippen LogP contribution is -2.35. The van der Waals surface area contributed by atoms with Crippen molar-refractivity contribution >= 4 is 35.4 Å². The molecule has 0 radical (unpaired) electrons. The normalized spacial score (nSPS) is 11.0. The van der Waals surface area contributed by atoms with E-state index in [1.54, 1.807) is 6.07 Å². The molecule has 0 atom stereocenters. The minimum atomic E-state index is -1.30. The Morgan fingerprint density at radius 2 is 1.66 bits per heavy atom.